The lowest BCUT2D eigenvalue weighted by molar-refractivity contribution is -0.127. The van der Waals surface area contributed by atoms with Gasteiger partial charge in [-0.3, -0.25) is 14.9 Å². The van der Waals surface area contributed by atoms with Crippen molar-refractivity contribution in [3.05, 3.63) is 47.4 Å². The summed E-state index contributed by atoms with van der Waals surface area (Å²) in [5.74, 6) is -0.490. The van der Waals surface area contributed by atoms with Gasteiger partial charge in [-0.1, -0.05) is 31.5 Å². The normalized spacial score (nSPS) is 16.1. The topological polar surface area (TPSA) is 148 Å². The first kappa shape index (κ1) is 26.6. The zero-order valence-electron chi connectivity index (χ0n) is 21.8. The third-order valence-corrected chi connectivity index (χ3v) is 7.11. The number of aromatic nitrogens is 5. The van der Waals surface area contributed by atoms with Gasteiger partial charge in [0.25, 0.3) is 5.91 Å². The second-order valence-corrected chi connectivity index (χ2v) is 9.74. The molecule has 0 saturated carbocycles. The smallest absolute Gasteiger partial charge is 0.302 e. The predicted octanol–water partition coefficient (Wildman–Crippen LogP) is 3.52. The first-order chi connectivity index (χ1) is 18.9. The zero-order chi connectivity index (χ0) is 27.5. The molecule has 204 valence electrons. The quantitative estimate of drug-likeness (QED) is 0.314. The molecule has 39 heavy (non-hydrogen) atoms. The van der Waals surface area contributed by atoms with Crippen LogP contribution in [0.5, 0.6) is 0 Å². The minimum atomic E-state index is -0.569. The number of rotatable bonds is 8. The Hall–Kier alpha value is -4.03. The highest BCUT2D eigenvalue weighted by Gasteiger charge is 2.30. The molecule has 12 nitrogen and oxygen atoms in total. The third-order valence-electron chi connectivity index (χ3n) is 6.88. The number of nitrogen functional groups attached to an aromatic ring is 1. The Bertz CT molecular complexity index is 1540. The van der Waals surface area contributed by atoms with Crippen molar-refractivity contribution in [3.63, 3.8) is 0 Å². The van der Waals surface area contributed by atoms with Crippen LogP contribution in [0.15, 0.2) is 41.1 Å². The number of hydrogen-bond acceptors (Lipinski definition) is 9. The van der Waals surface area contributed by atoms with Crippen LogP contribution >= 0.6 is 11.6 Å². The van der Waals surface area contributed by atoms with E-state index < -0.39 is 5.91 Å². The summed E-state index contributed by atoms with van der Waals surface area (Å²) in [6, 6.07) is 4.80. The molecule has 1 unspecified atom stereocenters. The average molecular weight is 552 g/mol. The number of nitrogens with two attached hydrogens (primary N) is 1. The second-order valence-electron chi connectivity index (χ2n) is 9.30. The van der Waals surface area contributed by atoms with Crippen LogP contribution in [0.1, 0.15) is 43.2 Å². The van der Waals surface area contributed by atoms with Crippen molar-refractivity contribution in [2.45, 2.75) is 32.7 Å². The maximum absolute atomic E-state index is 13.3. The van der Waals surface area contributed by atoms with Crippen LogP contribution in [0.3, 0.4) is 0 Å². The Morgan fingerprint density at radius 2 is 2.10 bits per heavy atom. The second kappa shape index (κ2) is 11.4. The molecule has 3 aromatic heterocycles. The minimum absolute atomic E-state index is 0.00123. The van der Waals surface area contributed by atoms with Crippen molar-refractivity contribution in [3.8, 4) is 0 Å². The van der Waals surface area contributed by atoms with Crippen LogP contribution in [0.2, 0.25) is 5.02 Å². The van der Waals surface area contributed by atoms with Crippen LogP contribution in [-0.2, 0) is 4.79 Å². The molecule has 4 aromatic rings. The Morgan fingerprint density at radius 3 is 2.90 bits per heavy atom. The molecule has 0 radical (unpaired) electrons. The number of carbonyl (C=O) groups is 2. The van der Waals surface area contributed by atoms with E-state index in [1.807, 2.05) is 6.08 Å². The highest BCUT2D eigenvalue weighted by atomic mass is 35.5. The molecule has 2 amide bonds. The summed E-state index contributed by atoms with van der Waals surface area (Å²) in [7, 11) is 0. The van der Waals surface area contributed by atoms with Crippen LogP contribution in [0.4, 0.5) is 11.8 Å². The molecule has 3 N–H and O–H groups in total. The van der Waals surface area contributed by atoms with E-state index in [1.165, 1.54) is 6.33 Å². The molecule has 0 spiro atoms. The molecular weight excluding hydrogens is 522 g/mol. The van der Waals surface area contributed by atoms with Gasteiger partial charge in [0.05, 0.1) is 11.4 Å². The number of amides is 2. The Morgan fingerprint density at radius 1 is 1.28 bits per heavy atom. The number of nitrogens with one attached hydrogen (secondary N) is 1. The molecule has 1 saturated heterocycles. The first-order valence-electron chi connectivity index (χ1n) is 12.9. The van der Waals surface area contributed by atoms with E-state index >= 15 is 0 Å². The maximum Gasteiger partial charge on any atom is 0.302 e. The summed E-state index contributed by atoms with van der Waals surface area (Å²) in [6.07, 6.45) is 6.42. The first-order valence-corrected chi connectivity index (χ1v) is 13.3. The molecular formula is C26H30ClN9O3. The molecule has 0 aliphatic carbocycles. The molecule has 1 fully saturated rings. The minimum Gasteiger partial charge on any atom is -0.423 e. The number of likely N-dealkylation sites (N-methyl/N-ethyl adjacent to an activating group) is 1. The Kier molecular flexibility index (Phi) is 7.75. The number of piperidine rings is 1. The lowest BCUT2D eigenvalue weighted by atomic mass is 10.1. The fourth-order valence-corrected chi connectivity index (χ4v) is 4.93. The van der Waals surface area contributed by atoms with Crippen molar-refractivity contribution in [2.24, 2.45) is 0 Å². The van der Waals surface area contributed by atoms with Gasteiger partial charge < -0.3 is 20.0 Å². The van der Waals surface area contributed by atoms with Crippen LogP contribution < -0.4 is 11.1 Å². The van der Waals surface area contributed by atoms with E-state index in [4.69, 9.17) is 21.8 Å². The molecule has 5 rings (SSSR count). The van der Waals surface area contributed by atoms with E-state index in [2.05, 4.69) is 44.1 Å². The summed E-state index contributed by atoms with van der Waals surface area (Å²) in [4.78, 5) is 43.0. The van der Waals surface area contributed by atoms with Crippen LogP contribution in [0, 0.1) is 0 Å². The van der Waals surface area contributed by atoms with Crippen molar-refractivity contribution in [2.75, 3.05) is 43.8 Å². The molecule has 4 heterocycles. The van der Waals surface area contributed by atoms with E-state index in [0.717, 1.165) is 32.5 Å². The van der Waals surface area contributed by atoms with Gasteiger partial charge in [0.15, 0.2) is 16.9 Å². The van der Waals surface area contributed by atoms with Gasteiger partial charge in [0.2, 0.25) is 5.91 Å². The Balaban J connectivity index is 1.38. The van der Waals surface area contributed by atoms with Gasteiger partial charge in [-0.2, -0.15) is 10.1 Å². The number of halogens is 1. The van der Waals surface area contributed by atoms with Gasteiger partial charge in [0.1, 0.15) is 17.7 Å². The van der Waals surface area contributed by atoms with Gasteiger partial charge in [0, 0.05) is 30.7 Å². The number of carbonyl (C=O) groups excluding carboxylic acids is 2. The molecule has 1 atom stereocenters. The molecule has 1 aliphatic rings. The van der Waals surface area contributed by atoms with Gasteiger partial charge >= 0.3 is 6.01 Å². The predicted molar refractivity (Wildman–Crippen MR) is 148 cm³/mol. The van der Waals surface area contributed by atoms with E-state index in [9.17, 15) is 9.59 Å². The highest BCUT2D eigenvalue weighted by molar-refractivity contribution is 6.31. The molecule has 13 heteroatoms. The van der Waals surface area contributed by atoms with Crippen molar-refractivity contribution < 1.29 is 14.0 Å². The van der Waals surface area contributed by atoms with E-state index in [0.29, 0.717) is 40.2 Å². The molecule has 1 aromatic carbocycles. The summed E-state index contributed by atoms with van der Waals surface area (Å²) in [5.41, 5.74) is 7.63. The monoisotopic (exact) mass is 551 g/mol. The van der Waals surface area contributed by atoms with Gasteiger partial charge in [-0.05, 0) is 44.1 Å². The van der Waals surface area contributed by atoms with E-state index in [1.54, 1.807) is 33.9 Å². The van der Waals surface area contributed by atoms with Crippen molar-refractivity contribution in [1.29, 1.82) is 0 Å². The highest BCUT2D eigenvalue weighted by Crippen LogP contribution is 2.29. The largest absolute Gasteiger partial charge is 0.423 e. The molecule has 1 aliphatic heterocycles. The molecule has 0 bridgehead atoms. The maximum atomic E-state index is 13.3. The van der Waals surface area contributed by atoms with Crippen molar-refractivity contribution >= 4 is 57.4 Å². The van der Waals surface area contributed by atoms with Gasteiger partial charge in [-0.15, -0.1) is 0 Å². The number of nitrogens with zero attached hydrogens (tertiary/aromatic N) is 7. The summed E-state index contributed by atoms with van der Waals surface area (Å²) < 4.78 is 7.30. The SMILES string of the molecule is CCN(CC)CC=CC(=O)N1CCCC(n2nc(C(=O)Nc3nc4cc(Cl)ccc4o3)c3c(N)ncnc32)C1. The number of likely N-dealkylation sites (tertiary alicyclic amines) is 1. The lowest BCUT2D eigenvalue weighted by Gasteiger charge is -2.32. The fraction of sp³-hybridized carbons (Fsp3) is 0.385. The summed E-state index contributed by atoms with van der Waals surface area (Å²) in [6.45, 7) is 7.84. The van der Waals surface area contributed by atoms with Crippen LogP contribution in [0.25, 0.3) is 22.1 Å². The Labute approximate surface area is 229 Å². The standard InChI is InChI=1S/C26H30ClN9O3/c1-3-34(4-2)11-6-8-20(37)35-12-5-7-17(14-35)36-24-21(23(28)29-15-30-24)22(33-36)25(38)32-26-31-18-13-16(27)9-10-19(18)39-26/h6,8-10,13,15,17H,3-5,7,11-12,14H2,1-2H3,(H2,28,29,30)(H,31,32,38). The number of oxazole rings is 1. The lowest BCUT2D eigenvalue weighted by Crippen LogP contribution is -2.40. The van der Waals surface area contributed by atoms with Crippen molar-refractivity contribution in [1.82, 2.24) is 34.5 Å². The fourth-order valence-electron chi connectivity index (χ4n) is 4.76. The van der Waals surface area contributed by atoms with Gasteiger partial charge in [-0.25, -0.2) is 14.6 Å². The number of anilines is 2. The van der Waals surface area contributed by atoms with Crippen LogP contribution in [-0.4, -0.2) is 79.1 Å². The average Bonchev–Trinajstić information content (AvgIpc) is 3.52. The number of fused-ring (bicyclic) bond motifs is 2. The summed E-state index contributed by atoms with van der Waals surface area (Å²) >= 11 is 6.03. The number of benzene rings is 1. The summed E-state index contributed by atoms with van der Waals surface area (Å²) in [5, 5.41) is 8.09. The third kappa shape index (κ3) is 5.57. The zero-order valence-corrected chi connectivity index (χ0v) is 22.6. The van der Waals surface area contributed by atoms with E-state index in [-0.39, 0.29) is 29.5 Å². The number of hydrogen-bond donors (Lipinski definition) is 2.